The van der Waals surface area contributed by atoms with Gasteiger partial charge in [-0.1, -0.05) is 37.8 Å². The summed E-state index contributed by atoms with van der Waals surface area (Å²) < 4.78 is 8.96. The lowest BCUT2D eigenvalue weighted by atomic mass is 9.98. The van der Waals surface area contributed by atoms with Crippen molar-refractivity contribution in [3.63, 3.8) is 0 Å². The van der Waals surface area contributed by atoms with Crippen molar-refractivity contribution >= 4 is 17.4 Å². The summed E-state index contributed by atoms with van der Waals surface area (Å²) >= 11 is 0. The average molecular weight is 535 g/mol. The van der Waals surface area contributed by atoms with E-state index in [-0.39, 0.29) is 12.5 Å². The fourth-order valence-corrected chi connectivity index (χ4v) is 5.58. The van der Waals surface area contributed by atoms with Crippen molar-refractivity contribution in [2.24, 2.45) is 5.92 Å². The van der Waals surface area contributed by atoms with Gasteiger partial charge in [0, 0.05) is 31.4 Å². The van der Waals surface area contributed by atoms with Crippen molar-refractivity contribution in [3.05, 3.63) is 59.1 Å². The molecule has 0 bridgehead atoms. The summed E-state index contributed by atoms with van der Waals surface area (Å²) in [5.41, 5.74) is -0.326. The van der Waals surface area contributed by atoms with Gasteiger partial charge < -0.3 is 20.1 Å². The molecule has 1 aliphatic heterocycles. The van der Waals surface area contributed by atoms with Gasteiger partial charge in [0.1, 0.15) is 6.04 Å². The Morgan fingerprint density at radius 2 is 1.90 bits per heavy atom. The minimum Gasteiger partial charge on any atom is -0.453 e. The fourth-order valence-electron chi connectivity index (χ4n) is 5.58. The summed E-state index contributed by atoms with van der Waals surface area (Å²) in [7, 11) is 0. The molecule has 5 rings (SSSR count). The number of aliphatic hydroxyl groups is 1. The summed E-state index contributed by atoms with van der Waals surface area (Å²) in [6.07, 6.45) is 10.4. The van der Waals surface area contributed by atoms with Crippen LogP contribution in [0.3, 0.4) is 0 Å². The molecule has 1 aliphatic carbocycles. The predicted octanol–water partition coefficient (Wildman–Crippen LogP) is 4.36. The highest BCUT2D eigenvalue weighted by atomic mass is 16.5. The molecule has 39 heavy (non-hydrogen) atoms. The smallest absolute Gasteiger partial charge is 0.271 e. The second-order valence-corrected chi connectivity index (χ2v) is 11.3. The highest BCUT2D eigenvalue weighted by Crippen LogP contribution is 2.34. The quantitative estimate of drug-likeness (QED) is 0.397. The van der Waals surface area contributed by atoms with Gasteiger partial charge in [-0.3, -0.25) is 14.3 Å². The molecule has 208 valence electrons. The summed E-state index contributed by atoms with van der Waals surface area (Å²) in [5, 5.41) is 21.7. The Morgan fingerprint density at radius 1 is 1.15 bits per heavy atom. The number of ether oxygens (including phenoxy) is 1. The molecule has 2 aliphatic rings. The Kier molecular flexibility index (Phi) is 8.02. The van der Waals surface area contributed by atoms with Crippen LogP contribution in [0.4, 0.5) is 11.5 Å². The van der Waals surface area contributed by atoms with E-state index in [4.69, 9.17) is 4.74 Å². The molecule has 0 spiro atoms. The molecule has 10 nitrogen and oxygen atoms in total. The minimum atomic E-state index is -0.936. The third kappa shape index (κ3) is 6.86. The third-order valence-electron chi connectivity index (χ3n) is 7.41. The number of hydrogen-bond donors (Lipinski definition) is 2. The number of carbonyl (C=O) groups is 1. The van der Waals surface area contributed by atoms with Crippen LogP contribution in [-0.2, 0) is 11.3 Å². The van der Waals surface area contributed by atoms with Crippen LogP contribution in [0.15, 0.2) is 53.6 Å². The molecule has 10 heteroatoms. The van der Waals surface area contributed by atoms with Gasteiger partial charge in [-0.25, -0.2) is 4.68 Å². The molecule has 2 aromatic heterocycles. The summed E-state index contributed by atoms with van der Waals surface area (Å²) in [6.45, 7) is 5.64. The first-order valence-electron chi connectivity index (χ1n) is 13.9. The third-order valence-corrected chi connectivity index (χ3v) is 7.41. The fraction of sp³-hybridized carbons (Fsp3) is 0.517. The maximum absolute atomic E-state index is 13.5. The Bertz CT molecular complexity index is 1330. The molecule has 1 amide bonds. The highest BCUT2D eigenvalue weighted by molar-refractivity contribution is 5.92. The number of nitrogens with zero attached hydrogens (tertiary/aromatic N) is 5. The van der Waals surface area contributed by atoms with E-state index in [1.807, 2.05) is 24.3 Å². The standard InChI is InChI=1S/C29H38N6O4/c1-29(2,38)20-34-16-13-26(32-34)31-28(37)24(17-21-9-3-4-10-21)35-27(36)18-22(19-30-35)39-25-12-6-5-11-23(25)33-14-7-8-15-33/h5-6,11-13,16,18-19,21,24,38H,3-4,7-10,14-15,17,20H2,1-2H3,(H,31,32,37)/t24-/m0/s1. The van der Waals surface area contributed by atoms with E-state index in [0.29, 0.717) is 29.7 Å². The normalized spacial score (nSPS) is 16.9. The lowest BCUT2D eigenvalue weighted by molar-refractivity contribution is -0.120. The van der Waals surface area contributed by atoms with Crippen LogP contribution < -0.4 is 20.5 Å². The van der Waals surface area contributed by atoms with Crippen molar-refractivity contribution < 1.29 is 14.6 Å². The van der Waals surface area contributed by atoms with Crippen LogP contribution in [0.25, 0.3) is 0 Å². The number of anilines is 2. The largest absolute Gasteiger partial charge is 0.453 e. The summed E-state index contributed by atoms with van der Waals surface area (Å²) in [6, 6.07) is 10.1. The molecule has 1 aromatic carbocycles. The first-order chi connectivity index (χ1) is 18.7. The number of para-hydroxylation sites is 2. The maximum Gasteiger partial charge on any atom is 0.271 e. The van der Waals surface area contributed by atoms with Crippen molar-refractivity contribution in [2.75, 3.05) is 23.3 Å². The number of amides is 1. The molecule has 1 atom stereocenters. The van der Waals surface area contributed by atoms with Gasteiger partial charge >= 0.3 is 0 Å². The zero-order valence-corrected chi connectivity index (χ0v) is 22.8. The van der Waals surface area contributed by atoms with Crippen LogP contribution in [0, 0.1) is 5.92 Å². The van der Waals surface area contributed by atoms with Crippen LogP contribution in [0.2, 0.25) is 0 Å². The van der Waals surface area contributed by atoms with Gasteiger partial charge in [0.05, 0.1) is 24.0 Å². The van der Waals surface area contributed by atoms with Gasteiger partial charge in [-0.05, 0) is 51.2 Å². The first kappa shape index (κ1) is 26.9. The van der Waals surface area contributed by atoms with Gasteiger partial charge in [0.25, 0.3) is 11.5 Å². The number of carbonyl (C=O) groups excluding carboxylic acids is 1. The maximum atomic E-state index is 13.5. The van der Waals surface area contributed by atoms with Crippen molar-refractivity contribution in [1.82, 2.24) is 19.6 Å². The van der Waals surface area contributed by atoms with Crippen LogP contribution in [-0.4, -0.2) is 49.3 Å². The Labute approximate surface area is 228 Å². The van der Waals surface area contributed by atoms with Crippen LogP contribution in [0.5, 0.6) is 11.5 Å². The lowest BCUT2D eigenvalue weighted by Crippen LogP contribution is -2.36. The summed E-state index contributed by atoms with van der Waals surface area (Å²) in [5.74, 6) is 1.41. The molecule has 1 saturated carbocycles. The molecular formula is C29H38N6O4. The number of nitrogens with one attached hydrogen (secondary N) is 1. The molecule has 1 saturated heterocycles. The van der Waals surface area contributed by atoms with E-state index in [0.717, 1.165) is 57.3 Å². The Hall–Kier alpha value is -3.66. The van der Waals surface area contributed by atoms with E-state index in [2.05, 4.69) is 20.4 Å². The van der Waals surface area contributed by atoms with Crippen molar-refractivity contribution in [2.45, 2.75) is 77.0 Å². The highest BCUT2D eigenvalue weighted by Gasteiger charge is 2.29. The second kappa shape index (κ2) is 11.6. The number of aromatic nitrogens is 4. The Balaban J connectivity index is 1.35. The van der Waals surface area contributed by atoms with E-state index < -0.39 is 17.2 Å². The Morgan fingerprint density at radius 3 is 2.62 bits per heavy atom. The first-order valence-corrected chi connectivity index (χ1v) is 13.9. The number of benzene rings is 1. The van der Waals surface area contributed by atoms with Gasteiger partial charge in [-0.15, -0.1) is 0 Å². The zero-order chi connectivity index (χ0) is 27.4. The van der Waals surface area contributed by atoms with Crippen LogP contribution >= 0.6 is 0 Å². The van der Waals surface area contributed by atoms with E-state index >= 15 is 0 Å². The predicted molar refractivity (Wildman–Crippen MR) is 149 cm³/mol. The number of hydrogen-bond acceptors (Lipinski definition) is 7. The lowest BCUT2D eigenvalue weighted by Gasteiger charge is -2.22. The van der Waals surface area contributed by atoms with E-state index in [9.17, 15) is 14.7 Å². The molecule has 3 heterocycles. The minimum absolute atomic E-state index is 0.289. The topological polar surface area (TPSA) is 115 Å². The van der Waals surface area contributed by atoms with Gasteiger partial charge in [0.15, 0.2) is 17.3 Å². The second-order valence-electron chi connectivity index (χ2n) is 11.3. The van der Waals surface area contributed by atoms with E-state index in [1.165, 1.54) is 16.9 Å². The zero-order valence-electron chi connectivity index (χ0n) is 22.8. The molecule has 2 fully saturated rings. The van der Waals surface area contributed by atoms with Crippen molar-refractivity contribution in [1.29, 1.82) is 0 Å². The molecule has 2 N–H and O–H groups in total. The molecule has 0 radical (unpaired) electrons. The molecule has 3 aromatic rings. The summed E-state index contributed by atoms with van der Waals surface area (Å²) in [4.78, 5) is 29.0. The van der Waals surface area contributed by atoms with Gasteiger partial charge in [0.2, 0.25) is 0 Å². The molecular weight excluding hydrogens is 496 g/mol. The number of rotatable bonds is 10. The monoisotopic (exact) mass is 534 g/mol. The van der Waals surface area contributed by atoms with Crippen LogP contribution in [0.1, 0.15) is 64.8 Å². The van der Waals surface area contributed by atoms with E-state index in [1.54, 1.807) is 30.8 Å². The van der Waals surface area contributed by atoms with Gasteiger partial charge in [-0.2, -0.15) is 10.2 Å². The average Bonchev–Trinajstić information content (AvgIpc) is 3.66. The van der Waals surface area contributed by atoms with Crippen molar-refractivity contribution in [3.8, 4) is 11.5 Å². The molecule has 0 unspecified atom stereocenters. The SMILES string of the molecule is CC(C)(O)Cn1ccc(NC(=O)[C@H](CC2CCCC2)n2ncc(Oc3ccccc3N3CCCC3)cc2=O)n1.